The van der Waals surface area contributed by atoms with Crippen molar-refractivity contribution in [3.8, 4) is 0 Å². The standard InChI is InChI=1S/C16H21N3O/c1-13-7-5-6-10-19(13)12-16-17-15(18-20-16)11-14-8-3-2-4-9-14/h2-4,8-9,13H,5-7,10-12H2,1H3/t13-/m0/s1. The Hall–Kier alpha value is -1.68. The van der Waals surface area contributed by atoms with Gasteiger partial charge in [0.1, 0.15) is 0 Å². The van der Waals surface area contributed by atoms with E-state index in [1.807, 2.05) is 18.2 Å². The Bertz CT molecular complexity index is 538. The largest absolute Gasteiger partial charge is 0.338 e. The third-order valence-corrected chi connectivity index (χ3v) is 3.99. The van der Waals surface area contributed by atoms with Crippen molar-refractivity contribution >= 4 is 0 Å². The molecule has 0 saturated carbocycles. The highest BCUT2D eigenvalue weighted by Gasteiger charge is 2.20. The number of nitrogens with zero attached hydrogens (tertiary/aromatic N) is 3. The maximum absolute atomic E-state index is 5.39. The summed E-state index contributed by atoms with van der Waals surface area (Å²) in [6.45, 7) is 4.20. The van der Waals surface area contributed by atoms with E-state index in [1.165, 1.54) is 24.8 Å². The SMILES string of the molecule is C[C@H]1CCCCN1Cc1nc(Cc2ccccc2)no1. The molecule has 4 heteroatoms. The van der Waals surface area contributed by atoms with Gasteiger partial charge in [-0.1, -0.05) is 41.9 Å². The number of hydrogen-bond acceptors (Lipinski definition) is 4. The van der Waals surface area contributed by atoms with Gasteiger partial charge in [0.25, 0.3) is 0 Å². The Kier molecular flexibility index (Phi) is 4.11. The zero-order chi connectivity index (χ0) is 13.8. The van der Waals surface area contributed by atoms with Crippen LogP contribution in [0.5, 0.6) is 0 Å². The van der Waals surface area contributed by atoms with E-state index in [9.17, 15) is 0 Å². The second-order valence-electron chi connectivity index (χ2n) is 5.58. The van der Waals surface area contributed by atoms with Crippen molar-refractivity contribution in [2.45, 2.75) is 45.2 Å². The lowest BCUT2D eigenvalue weighted by Gasteiger charge is -2.31. The van der Waals surface area contributed by atoms with Crippen LogP contribution in [0.4, 0.5) is 0 Å². The minimum Gasteiger partial charge on any atom is -0.338 e. The molecule has 1 aromatic heterocycles. The molecule has 0 N–H and O–H groups in total. The molecule has 0 aliphatic carbocycles. The molecule has 1 fully saturated rings. The first-order valence-electron chi connectivity index (χ1n) is 7.41. The highest BCUT2D eigenvalue weighted by Crippen LogP contribution is 2.18. The van der Waals surface area contributed by atoms with E-state index >= 15 is 0 Å². The summed E-state index contributed by atoms with van der Waals surface area (Å²) in [5, 5.41) is 4.09. The molecule has 0 spiro atoms. The van der Waals surface area contributed by atoms with Gasteiger partial charge in [0.2, 0.25) is 5.89 Å². The first-order chi connectivity index (χ1) is 9.81. The van der Waals surface area contributed by atoms with Crippen LogP contribution in [0.2, 0.25) is 0 Å². The second kappa shape index (κ2) is 6.18. The minimum atomic E-state index is 0.619. The fourth-order valence-electron chi connectivity index (χ4n) is 2.77. The van der Waals surface area contributed by atoms with Gasteiger partial charge in [0.05, 0.1) is 6.54 Å². The molecule has 2 heterocycles. The van der Waals surface area contributed by atoms with Gasteiger partial charge in [0.15, 0.2) is 5.82 Å². The second-order valence-corrected chi connectivity index (χ2v) is 5.58. The number of rotatable bonds is 4. The van der Waals surface area contributed by atoms with Gasteiger partial charge in [-0.2, -0.15) is 4.98 Å². The van der Waals surface area contributed by atoms with Gasteiger partial charge in [-0.15, -0.1) is 0 Å². The molecule has 4 nitrogen and oxygen atoms in total. The average Bonchev–Trinajstić information content (AvgIpc) is 2.90. The average molecular weight is 271 g/mol. The van der Waals surface area contributed by atoms with Gasteiger partial charge in [-0.3, -0.25) is 4.90 Å². The molecule has 0 radical (unpaired) electrons. The van der Waals surface area contributed by atoms with Gasteiger partial charge in [-0.25, -0.2) is 0 Å². The third kappa shape index (κ3) is 3.25. The fraction of sp³-hybridized carbons (Fsp3) is 0.500. The molecule has 0 unspecified atom stereocenters. The maximum Gasteiger partial charge on any atom is 0.240 e. The van der Waals surface area contributed by atoms with Crippen LogP contribution in [-0.2, 0) is 13.0 Å². The molecular formula is C16H21N3O. The van der Waals surface area contributed by atoms with Crippen molar-refractivity contribution in [1.82, 2.24) is 15.0 Å². The van der Waals surface area contributed by atoms with E-state index in [0.717, 1.165) is 31.2 Å². The van der Waals surface area contributed by atoms with E-state index in [2.05, 4.69) is 34.1 Å². The van der Waals surface area contributed by atoms with Crippen LogP contribution in [0.1, 0.15) is 43.5 Å². The summed E-state index contributed by atoms with van der Waals surface area (Å²) in [4.78, 5) is 6.95. The van der Waals surface area contributed by atoms with Crippen LogP contribution in [0.25, 0.3) is 0 Å². The lowest BCUT2D eigenvalue weighted by molar-refractivity contribution is 0.135. The molecule has 2 aromatic rings. The molecule has 1 aliphatic rings. The minimum absolute atomic E-state index is 0.619. The first kappa shape index (κ1) is 13.3. The summed E-state index contributed by atoms with van der Waals surface area (Å²) in [6, 6.07) is 10.9. The number of piperidine rings is 1. The van der Waals surface area contributed by atoms with Gasteiger partial charge in [0, 0.05) is 12.5 Å². The zero-order valence-corrected chi connectivity index (χ0v) is 12.0. The highest BCUT2D eigenvalue weighted by atomic mass is 16.5. The smallest absolute Gasteiger partial charge is 0.240 e. The van der Waals surface area contributed by atoms with E-state index < -0.39 is 0 Å². The van der Waals surface area contributed by atoms with Crippen LogP contribution in [-0.4, -0.2) is 27.6 Å². The molecule has 3 rings (SSSR count). The topological polar surface area (TPSA) is 42.2 Å². The lowest BCUT2D eigenvalue weighted by atomic mass is 10.0. The van der Waals surface area contributed by atoms with Crippen LogP contribution in [0.15, 0.2) is 34.9 Å². The Balaban J connectivity index is 1.62. The predicted molar refractivity (Wildman–Crippen MR) is 77.3 cm³/mol. The summed E-state index contributed by atoms with van der Waals surface area (Å²) in [5.41, 5.74) is 1.21. The summed E-state index contributed by atoms with van der Waals surface area (Å²) in [7, 11) is 0. The lowest BCUT2D eigenvalue weighted by Crippen LogP contribution is -2.36. The normalized spacial score (nSPS) is 20.1. The zero-order valence-electron chi connectivity index (χ0n) is 12.0. The first-order valence-corrected chi connectivity index (χ1v) is 7.41. The van der Waals surface area contributed by atoms with Crippen LogP contribution in [0.3, 0.4) is 0 Å². The van der Waals surface area contributed by atoms with Crippen LogP contribution in [0, 0.1) is 0 Å². The van der Waals surface area contributed by atoms with Crippen molar-refractivity contribution in [2.24, 2.45) is 0 Å². The number of hydrogen-bond donors (Lipinski definition) is 0. The third-order valence-electron chi connectivity index (χ3n) is 3.99. The molecule has 1 atom stereocenters. The van der Waals surface area contributed by atoms with E-state index in [4.69, 9.17) is 4.52 Å². The molecule has 1 aliphatic heterocycles. The Labute approximate surface area is 119 Å². The van der Waals surface area contributed by atoms with Crippen molar-refractivity contribution < 1.29 is 4.52 Å². The van der Waals surface area contributed by atoms with Gasteiger partial charge in [-0.05, 0) is 31.9 Å². The molecule has 0 amide bonds. The van der Waals surface area contributed by atoms with Gasteiger partial charge >= 0.3 is 0 Å². The monoisotopic (exact) mass is 271 g/mol. The Morgan fingerprint density at radius 1 is 1.25 bits per heavy atom. The predicted octanol–water partition coefficient (Wildman–Crippen LogP) is 3.03. The highest BCUT2D eigenvalue weighted by molar-refractivity contribution is 5.18. The van der Waals surface area contributed by atoms with Gasteiger partial charge < -0.3 is 4.52 Å². The summed E-state index contributed by atoms with van der Waals surface area (Å²) in [5.74, 6) is 1.51. The van der Waals surface area contributed by atoms with Crippen molar-refractivity contribution in [3.63, 3.8) is 0 Å². The van der Waals surface area contributed by atoms with Crippen LogP contribution < -0.4 is 0 Å². The molecule has 20 heavy (non-hydrogen) atoms. The molecule has 0 bridgehead atoms. The van der Waals surface area contributed by atoms with E-state index in [1.54, 1.807) is 0 Å². The molecular weight excluding hydrogens is 250 g/mol. The molecule has 1 saturated heterocycles. The maximum atomic E-state index is 5.39. The van der Waals surface area contributed by atoms with Crippen molar-refractivity contribution in [2.75, 3.05) is 6.54 Å². The quantitative estimate of drug-likeness (QED) is 0.857. The van der Waals surface area contributed by atoms with E-state index in [0.29, 0.717) is 6.04 Å². The van der Waals surface area contributed by atoms with Crippen LogP contribution >= 0.6 is 0 Å². The molecule has 1 aromatic carbocycles. The number of aromatic nitrogens is 2. The van der Waals surface area contributed by atoms with Crippen molar-refractivity contribution in [3.05, 3.63) is 47.6 Å². The fourth-order valence-corrected chi connectivity index (χ4v) is 2.77. The molecule has 106 valence electrons. The van der Waals surface area contributed by atoms with E-state index in [-0.39, 0.29) is 0 Å². The Morgan fingerprint density at radius 3 is 2.90 bits per heavy atom. The number of benzene rings is 1. The summed E-state index contributed by atoms with van der Waals surface area (Å²) >= 11 is 0. The number of likely N-dealkylation sites (tertiary alicyclic amines) is 1. The summed E-state index contributed by atoms with van der Waals surface area (Å²) < 4.78 is 5.39. The summed E-state index contributed by atoms with van der Waals surface area (Å²) in [6.07, 6.45) is 4.61. The Morgan fingerprint density at radius 2 is 2.10 bits per heavy atom. The van der Waals surface area contributed by atoms with Crippen molar-refractivity contribution in [1.29, 1.82) is 0 Å².